The van der Waals surface area contributed by atoms with E-state index in [0.717, 1.165) is 0 Å². The number of nitrogens with zero attached hydrogens (tertiary/aromatic N) is 2. The van der Waals surface area contributed by atoms with Gasteiger partial charge >= 0.3 is 18.3 Å². The van der Waals surface area contributed by atoms with Crippen molar-refractivity contribution >= 4 is 32.0 Å². The Bertz CT molecular complexity index is 1440. The van der Waals surface area contributed by atoms with Crippen LogP contribution in [0, 0.1) is 0 Å². The molecule has 1 aliphatic heterocycles. The van der Waals surface area contributed by atoms with Crippen LogP contribution in [0.5, 0.6) is 0 Å². The van der Waals surface area contributed by atoms with Crippen LogP contribution in [0.3, 0.4) is 0 Å². The maximum absolute atomic E-state index is 13.7. The summed E-state index contributed by atoms with van der Waals surface area (Å²) in [5.74, 6) is 0. The maximum Gasteiger partial charge on any atom is 0.417 e. The molecule has 2 aromatic carbocycles. The van der Waals surface area contributed by atoms with Gasteiger partial charge in [-0.1, -0.05) is 18.2 Å². The summed E-state index contributed by atoms with van der Waals surface area (Å²) in [7, 11) is -7.70. The van der Waals surface area contributed by atoms with Gasteiger partial charge in [-0.05, 0) is 50.1 Å². The van der Waals surface area contributed by atoms with Crippen molar-refractivity contribution in [2.75, 3.05) is 26.7 Å². The maximum atomic E-state index is 13.7. The monoisotopic (exact) mass is 606 g/mol. The number of likely N-dealkylation sites (tertiary alicyclic amines) is 1. The lowest BCUT2D eigenvalue weighted by atomic mass is 10.0. The van der Waals surface area contributed by atoms with E-state index in [1.165, 1.54) is 48.0 Å². The molecule has 2 aromatic rings. The minimum absolute atomic E-state index is 0.222. The predicted octanol–water partition coefficient (Wildman–Crippen LogP) is 2.99. The number of halogens is 3. The van der Waals surface area contributed by atoms with Gasteiger partial charge in [0, 0.05) is 38.8 Å². The Kier molecular flexibility index (Phi) is 9.36. The molecule has 220 valence electrons. The molecule has 1 saturated heterocycles. The highest BCUT2D eigenvalue weighted by atomic mass is 32.2. The number of piperidine rings is 1. The van der Waals surface area contributed by atoms with Crippen molar-refractivity contribution in [2.45, 2.75) is 52.7 Å². The van der Waals surface area contributed by atoms with E-state index in [-0.39, 0.29) is 24.0 Å². The Morgan fingerprint density at radius 3 is 2.20 bits per heavy atom. The topological polar surface area (TPSA) is 153 Å². The van der Waals surface area contributed by atoms with Crippen molar-refractivity contribution < 1.29 is 44.7 Å². The zero-order valence-corrected chi connectivity index (χ0v) is 23.2. The molecule has 1 unspecified atom stereocenters. The number of nitrogens with one attached hydrogen (secondary N) is 2. The normalized spacial score (nSPS) is 15.9. The van der Waals surface area contributed by atoms with E-state index in [0.29, 0.717) is 31.0 Å². The molecule has 3 rings (SSSR count). The number of urea groups is 1. The number of carbonyl (C=O) groups is 2. The first kappa shape index (κ1) is 31.2. The molecule has 1 aliphatic rings. The van der Waals surface area contributed by atoms with Crippen LogP contribution >= 0.6 is 0 Å². The van der Waals surface area contributed by atoms with Crippen molar-refractivity contribution in [3.8, 4) is 0 Å². The molecule has 11 nitrogen and oxygen atoms in total. The van der Waals surface area contributed by atoms with Crippen molar-refractivity contribution in [1.29, 1.82) is 0 Å². The molecular formula is C24H29F3N4O7S2. The fourth-order valence-corrected chi connectivity index (χ4v) is 6.91. The second kappa shape index (κ2) is 12.0. The zero-order valence-electron chi connectivity index (χ0n) is 21.6. The van der Waals surface area contributed by atoms with Crippen LogP contribution in [-0.2, 0) is 26.0 Å². The first-order valence-electron chi connectivity index (χ1n) is 12.1. The molecule has 1 heterocycles. The molecule has 3 amide bonds. The lowest BCUT2D eigenvalue weighted by Crippen LogP contribution is -2.52. The van der Waals surface area contributed by atoms with E-state index in [2.05, 4.69) is 5.32 Å². The number of alkyl halides is 3. The van der Waals surface area contributed by atoms with E-state index in [1.807, 2.05) is 4.72 Å². The fraction of sp³-hybridized carbons (Fsp3) is 0.417. The lowest BCUT2D eigenvalue weighted by molar-refractivity contribution is -0.139. The molecule has 0 spiro atoms. The summed E-state index contributed by atoms with van der Waals surface area (Å²) in [6.07, 6.45) is -5.35. The zero-order chi connectivity index (χ0) is 29.9. The highest BCUT2D eigenvalue weighted by Gasteiger charge is 2.38. The summed E-state index contributed by atoms with van der Waals surface area (Å²) in [6.45, 7) is 1.43. The van der Waals surface area contributed by atoms with Gasteiger partial charge in [-0.3, -0.25) is 0 Å². The fourth-order valence-electron chi connectivity index (χ4n) is 4.15. The van der Waals surface area contributed by atoms with Gasteiger partial charge in [-0.25, -0.2) is 31.1 Å². The summed E-state index contributed by atoms with van der Waals surface area (Å²) in [5.41, 5.74) is -1.55. The van der Waals surface area contributed by atoms with Gasteiger partial charge < -0.3 is 20.2 Å². The highest BCUT2D eigenvalue weighted by molar-refractivity contribution is 7.91. The van der Waals surface area contributed by atoms with Gasteiger partial charge in [0.05, 0.1) is 20.2 Å². The number of amides is 3. The van der Waals surface area contributed by atoms with Crippen LogP contribution in [0.2, 0.25) is 0 Å². The van der Waals surface area contributed by atoms with E-state index in [4.69, 9.17) is 5.11 Å². The molecule has 16 heteroatoms. The van der Waals surface area contributed by atoms with E-state index >= 15 is 0 Å². The van der Waals surface area contributed by atoms with Crippen molar-refractivity contribution in [1.82, 2.24) is 19.8 Å². The summed E-state index contributed by atoms with van der Waals surface area (Å²) < 4.78 is 94.9. The van der Waals surface area contributed by atoms with Gasteiger partial charge in [0.2, 0.25) is 19.9 Å². The molecule has 3 N–H and O–H groups in total. The number of sulfonamides is 1. The molecular weight excluding hydrogens is 577 g/mol. The average molecular weight is 607 g/mol. The van der Waals surface area contributed by atoms with Gasteiger partial charge in [-0.15, -0.1) is 0 Å². The molecule has 0 radical (unpaired) electrons. The smallest absolute Gasteiger partial charge is 0.417 e. The minimum Gasteiger partial charge on any atom is -0.465 e. The molecule has 1 atom stereocenters. The largest absolute Gasteiger partial charge is 0.465 e. The Labute approximate surface area is 229 Å². The summed E-state index contributed by atoms with van der Waals surface area (Å²) in [5, 5.41) is 11.6. The highest BCUT2D eigenvalue weighted by Crippen LogP contribution is 2.36. The number of carboxylic acid groups (broad SMARTS) is 1. The summed E-state index contributed by atoms with van der Waals surface area (Å²) in [4.78, 5) is 24.2. The van der Waals surface area contributed by atoms with Crippen LogP contribution in [-0.4, -0.2) is 82.6 Å². The number of rotatable bonds is 8. The van der Waals surface area contributed by atoms with Crippen LogP contribution in [0.25, 0.3) is 0 Å². The third-order valence-electron chi connectivity index (χ3n) is 6.46. The Balaban J connectivity index is 1.74. The standard InChI is InChI=1S/C24H29F3N4O7S2/c1-16(29-22(32)30(2)17-10-12-31(13-11-17)23(33)34)15-28-40(37,38)21-14-19(8-9-20(21)24(25,26)27)39(35,36)18-6-4-3-5-7-18/h3-9,14,16-17,28H,10-13,15H2,1-2H3,(H,29,32)(H,33,34). The number of carbonyl (C=O) groups excluding carboxylic acids is 1. The van der Waals surface area contributed by atoms with Crippen molar-refractivity contribution in [3.63, 3.8) is 0 Å². The average Bonchev–Trinajstić information content (AvgIpc) is 2.91. The van der Waals surface area contributed by atoms with Crippen LogP contribution in [0.15, 0.2) is 63.2 Å². The van der Waals surface area contributed by atoms with Crippen LogP contribution < -0.4 is 10.0 Å². The minimum atomic E-state index is -5.10. The Morgan fingerprint density at radius 2 is 1.65 bits per heavy atom. The SMILES string of the molecule is CC(CNS(=O)(=O)c1cc(S(=O)(=O)c2ccccc2)ccc1C(F)(F)F)NC(=O)N(C)C1CCN(C(=O)O)CC1. The van der Waals surface area contributed by atoms with Crippen LogP contribution in [0.4, 0.5) is 22.8 Å². The van der Waals surface area contributed by atoms with E-state index < -0.39 is 66.1 Å². The van der Waals surface area contributed by atoms with Gasteiger partial charge in [-0.2, -0.15) is 13.2 Å². The third-order valence-corrected chi connectivity index (χ3v) is 9.70. The number of hydrogen-bond donors (Lipinski definition) is 3. The molecule has 1 fully saturated rings. The van der Waals surface area contributed by atoms with Gasteiger partial charge in [0.15, 0.2) is 0 Å². The summed E-state index contributed by atoms with van der Waals surface area (Å²) in [6, 6.07) is 6.71. The Hall–Kier alpha value is -3.37. The van der Waals surface area contributed by atoms with E-state index in [1.54, 1.807) is 6.07 Å². The van der Waals surface area contributed by atoms with Crippen molar-refractivity contribution in [3.05, 3.63) is 54.1 Å². The number of hydrogen-bond acceptors (Lipinski definition) is 6. The second-order valence-electron chi connectivity index (χ2n) is 9.29. The molecule has 0 aliphatic carbocycles. The van der Waals surface area contributed by atoms with E-state index in [9.17, 15) is 39.6 Å². The van der Waals surface area contributed by atoms with Crippen LogP contribution in [0.1, 0.15) is 25.3 Å². The molecule has 0 aromatic heterocycles. The lowest BCUT2D eigenvalue weighted by Gasteiger charge is -2.36. The number of benzene rings is 2. The second-order valence-corrected chi connectivity index (χ2v) is 13.0. The Morgan fingerprint density at radius 1 is 1.05 bits per heavy atom. The quantitative estimate of drug-likeness (QED) is 0.418. The molecule has 40 heavy (non-hydrogen) atoms. The van der Waals surface area contributed by atoms with Crippen molar-refractivity contribution in [2.24, 2.45) is 0 Å². The molecule has 0 bridgehead atoms. The first-order chi connectivity index (χ1) is 18.5. The summed E-state index contributed by atoms with van der Waals surface area (Å²) >= 11 is 0. The number of sulfone groups is 1. The predicted molar refractivity (Wildman–Crippen MR) is 137 cm³/mol. The van der Waals surface area contributed by atoms with Gasteiger partial charge in [0.25, 0.3) is 0 Å². The third kappa shape index (κ3) is 7.22. The first-order valence-corrected chi connectivity index (χ1v) is 15.0. The molecule has 0 saturated carbocycles. The van der Waals surface area contributed by atoms with Gasteiger partial charge in [0.1, 0.15) is 0 Å².